The van der Waals surface area contributed by atoms with Crippen LogP contribution in [0, 0.1) is 5.41 Å². The molecular weight excluding hydrogens is 326 g/mol. The van der Waals surface area contributed by atoms with Crippen molar-refractivity contribution in [3.05, 3.63) is 16.9 Å². The molecule has 3 rings (SSSR count). The van der Waals surface area contributed by atoms with Crippen molar-refractivity contribution < 1.29 is 0 Å². The van der Waals surface area contributed by atoms with Gasteiger partial charge in [-0.3, -0.25) is 0 Å². The normalized spacial score (nSPS) is 20.0. The van der Waals surface area contributed by atoms with Gasteiger partial charge in [0.25, 0.3) is 0 Å². The number of halogens is 1. The zero-order valence-corrected chi connectivity index (χ0v) is 13.3. The molecule has 0 atom stereocenters. The molecule has 0 aromatic carbocycles. The van der Waals surface area contributed by atoms with Gasteiger partial charge in [-0.2, -0.15) is 0 Å². The average Bonchev–Trinajstić information content (AvgIpc) is 2.27. The van der Waals surface area contributed by atoms with Crippen molar-refractivity contribution in [1.29, 1.82) is 0 Å². The third kappa shape index (κ3) is 2.49. The largest absolute Gasteiger partial charge is 0.401 e. The van der Waals surface area contributed by atoms with Gasteiger partial charge in [-0.15, -0.1) is 17.0 Å². The van der Waals surface area contributed by atoms with Crippen molar-refractivity contribution in [3.63, 3.8) is 0 Å². The van der Waals surface area contributed by atoms with E-state index in [9.17, 15) is 0 Å². The number of hydrogen-bond donors (Lipinski definition) is 2. The molecule has 1 aromatic heterocycles. The van der Waals surface area contributed by atoms with Crippen LogP contribution in [-0.2, 0) is 0 Å². The summed E-state index contributed by atoms with van der Waals surface area (Å²) in [5.41, 5.74) is 14.8. The number of allylic oxidation sites excluding steroid dienone is 2. The van der Waals surface area contributed by atoms with Crippen LogP contribution in [0.1, 0.15) is 26.7 Å². The second-order valence-electron chi connectivity index (χ2n) is 5.45. The van der Waals surface area contributed by atoms with E-state index >= 15 is 0 Å². The minimum Gasteiger partial charge on any atom is -0.401 e. The molecule has 4 N–H and O–H groups in total. The van der Waals surface area contributed by atoms with Gasteiger partial charge in [0.15, 0.2) is 5.82 Å². The quantitative estimate of drug-likeness (QED) is 0.708. The van der Waals surface area contributed by atoms with Crippen LogP contribution in [-0.4, -0.2) is 15.7 Å². The van der Waals surface area contributed by atoms with E-state index in [1.54, 1.807) is 11.8 Å². The van der Waals surface area contributed by atoms with Gasteiger partial charge in [-0.1, -0.05) is 25.6 Å². The van der Waals surface area contributed by atoms with Crippen LogP contribution in [0.4, 0.5) is 11.5 Å². The fraction of sp³-hybridized carbons (Fsp3) is 0.417. The SMILES string of the molecule is Br.CC1(C)CC2=Nc3c(N)ncnc3SC2=C(N)C1. The zero-order chi connectivity index (χ0) is 12.9. The molecule has 1 aliphatic carbocycles. The standard InChI is InChI=1S/C12H15N5S.BrH/c1-12(2)3-6(13)9-7(4-12)17-8-10(14)15-5-16-11(8)18-9;/h5H,3-4,13H2,1-2H3,(H2,14,15,16);1H. The van der Waals surface area contributed by atoms with Gasteiger partial charge in [0.05, 0.1) is 10.6 Å². The molecule has 1 aromatic rings. The summed E-state index contributed by atoms with van der Waals surface area (Å²) in [6.45, 7) is 4.40. The van der Waals surface area contributed by atoms with Crippen molar-refractivity contribution in [2.75, 3.05) is 5.73 Å². The van der Waals surface area contributed by atoms with Crippen molar-refractivity contribution in [2.45, 2.75) is 31.7 Å². The van der Waals surface area contributed by atoms with E-state index in [0.29, 0.717) is 11.5 Å². The van der Waals surface area contributed by atoms with E-state index in [1.807, 2.05) is 0 Å². The number of nitrogens with two attached hydrogens (primary N) is 2. The molecule has 0 unspecified atom stereocenters. The lowest BCUT2D eigenvalue weighted by molar-refractivity contribution is 0.371. The van der Waals surface area contributed by atoms with Crippen molar-refractivity contribution in [1.82, 2.24) is 9.97 Å². The highest BCUT2D eigenvalue weighted by Crippen LogP contribution is 2.47. The van der Waals surface area contributed by atoms with E-state index in [-0.39, 0.29) is 22.4 Å². The first kappa shape index (κ1) is 14.3. The summed E-state index contributed by atoms with van der Waals surface area (Å²) in [7, 11) is 0. The Hall–Kier alpha value is -1.08. The smallest absolute Gasteiger partial charge is 0.154 e. The lowest BCUT2D eigenvalue weighted by Gasteiger charge is -2.33. The molecule has 0 spiro atoms. The summed E-state index contributed by atoms with van der Waals surface area (Å²) < 4.78 is 0. The monoisotopic (exact) mass is 341 g/mol. The van der Waals surface area contributed by atoms with Crippen LogP contribution in [0.3, 0.4) is 0 Å². The molecule has 5 nitrogen and oxygen atoms in total. The Balaban J connectivity index is 0.00000133. The first-order valence-corrected chi connectivity index (χ1v) is 6.63. The van der Waals surface area contributed by atoms with E-state index in [0.717, 1.165) is 34.2 Å². The zero-order valence-electron chi connectivity index (χ0n) is 10.8. The molecule has 0 fully saturated rings. The van der Waals surface area contributed by atoms with Gasteiger partial charge < -0.3 is 11.5 Å². The highest BCUT2D eigenvalue weighted by Gasteiger charge is 2.34. The number of aromatic nitrogens is 2. The lowest BCUT2D eigenvalue weighted by Crippen LogP contribution is -2.28. The van der Waals surface area contributed by atoms with Crippen LogP contribution in [0.15, 0.2) is 26.9 Å². The second kappa shape index (κ2) is 4.79. The topological polar surface area (TPSA) is 90.2 Å². The van der Waals surface area contributed by atoms with E-state index in [1.165, 1.54) is 6.33 Å². The second-order valence-corrected chi connectivity index (χ2v) is 6.44. The molecule has 0 amide bonds. The molecule has 2 heterocycles. The predicted octanol–water partition coefficient (Wildman–Crippen LogP) is 2.81. The van der Waals surface area contributed by atoms with E-state index in [2.05, 4.69) is 28.8 Å². The molecular formula is C12H16BrN5S. The van der Waals surface area contributed by atoms with E-state index in [4.69, 9.17) is 11.5 Å². The average molecular weight is 342 g/mol. The Labute approximate surface area is 126 Å². The van der Waals surface area contributed by atoms with Crippen molar-refractivity contribution in [2.24, 2.45) is 16.1 Å². The molecule has 19 heavy (non-hydrogen) atoms. The molecule has 0 radical (unpaired) electrons. The maximum absolute atomic E-state index is 6.16. The first-order valence-electron chi connectivity index (χ1n) is 5.81. The summed E-state index contributed by atoms with van der Waals surface area (Å²) in [4.78, 5) is 13.9. The molecule has 2 aliphatic rings. The number of nitrogens with zero attached hydrogens (tertiary/aromatic N) is 3. The number of anilines is 1. The Bertz CT molecular complexity index is 594. The number of aliphatic imine (C=N–C) groups is 1. The minimum absolute atomic E-state index is 0. The highest BCUT2D eigenvalue weighted by atomic mass is 79.9. The summed E-state index contributed by atoms with van der Waals surface area (Å²) in [6, 6.07) is 0. The molecule has 1 aliphatic heterocycles. The van der Waals surface area contributed by atoms with Gasteiger partial charge in [0, 0.05) is 5.70 Å². The van der Waals surface area contributed by atoms with Crippen molar-refractivity contribution >= 4 is 46.0 Å². The molecule has 0 saturated carbocycles. The van der Waals surface area contributed by atoms with Crippen molar-refractivity contribution in [3.8, 4) is 0 Å². The van der Waals surface area contributed by atoms with Crippen LogP contribution in [0.2, 0.25) is 0 Å². The number of nitrogen functional groups attached to an aromatic ring is 1. The molecule has 0 saturated heterocycles. The molecule has 7 heteroatoms. The van der Waals surface area contributed by atoms with Crippen LogP contribution in [0.5, 0.6) is 0 Å². The van der Waals surface area contributed by atoms with Crippen LogP contribution in [0.25, 0.3) is 0 Å². The maximum atomic E-state index is 6.16. The Morgan fingerprint density at radius 1 is 1.21 bits per heavy atom. The highest BCUT2D eigenvalue weighted by molar-refractivity contribution is 8.93. The Morgan fingerprint density at radius 2 is 1.95 bits per heavy atom. The molecule has 0 bridgehead atoms. The van der Waals surface area contributed by atoms with Crippen LogP contribution >= 0.6 is 28.7 Å². The van der Waals surface area contributed by atoms with Gasteiger partial charge in [0.2, 0.25) is 0 Å². The number of fused-ring (bicyclic) bond motifs is 2. The summed E-state index contributed by atoms with van der Waals surface area (Å²) in [5, 5.41) is 0.795. The third-order valence-electron chi connectivity index (χ3n) is 3.13. The van der Waals surface area contributed by atoms with E-state index < -0.39 is 0 Å². The first-order chi connectivity index (χ1) is 8.46. The predicted molar refractivity (Wildman–Crippen MR) is 83.9 cm³/mol. The Morgan fingerprint density at radius 3 is 2.68 bits per heavy atom. The summed E-state index contributed by atoms with van der Waals surface area (Å²) >= 11 is 1.56. The number of thioether (sulfide) groups is 1. The fourth-order valence-corrected chi connectivity index (χ4v) is 3.36. The summed E-state index contributed by atoms with van der Waals surface area (Å²) in [5.74, 6) is 0.431. The van der Waals surface area contributed by atoms with Gasteiger partial charge >= 0.3 is 0 Å². The number of hydrogen-bond acceptors (Lipinski definition) is 6. The molecule has 102 valence electrons. The van der Waals surface area contributed by atoms with Gasteiger partial charge in [-0.25, -0.2) is 15.0 Å². The third-order valence-corrected chi connectivity index (χ3v) is 4.33. The van der Waals surface area contributed by atoms with Crippen LogP contribution < -0.4 is 11.5 Å². The van der Waals surface area contributed by atoms with Gasteiger partial charge in [-0.05, 0) is 18.3 Å². The van der Waals surface area contributed by atoms with Gasteiger partial charge in [0.1, 0.15) is 17.0 Å². The maximum Gasteiger partial charge on any atom is 0.154 e. The number of rotatable bonds is 0. The fourth-order valence-electron chi connectivity index (χ4n) is 2.38. The lowest BCUT2D eigenvalue weighted by atomic mass is 9.78. The minimum atomic E-state index is 0. The Kier molecular flexibility index (Phi) is 3.61. The summed E-state index contributed by atoms with van der Waals surface area (Å²) in [6.07, 6.45) is 3.26.